The van der Waals surface area contributed by atoms with Crippen LogP contribution in [-0.4, -0.2) is 25.0 Å². The van der Waals surface area contributed by atoms with E-state index in [0.29, 0.717) is 11.0 Å². The van der Waals surface area contributed by atoms with Crippen LogP contribution in [0.5, 0.6) is 0 Å². The molecule has 0 amide bonds. The van der Waals surface area contributed by atoms with E-state index in [1.54, 1.807) is 7.11 Å². The molecule has 2 unspecified atom stereocenters. The number of hydrogen-bond acceptors (Lipinski definition) is 2. The summed E-state index contributed by atoms with van der Waals surface area (Å²) >= 11 is 4.90. The molecule has 3 nitrogen and oxygen atoms in total. The SMILES string of the molecule is COC1NC(=S)NCC1C. The van der Waals surface area contributed by atoms with Crippen molar-refractivity contribution in [1.82, 2.24) is 10.6 Å². The molecule has 0 saturated carbocycles. The van der Waals surface area contributed by atoms with Gasteiger partial charge in [-0.1, -0.05) is 6.92 Å². The van der Waals surface area contributed by atoms with Crippen molar-refractivity contribution >= 4 is 17.3 Å². The van der Waals surface area contributed by atoms with E-state index in [-0.39, 0.29) is 6.23 Å². The summed E-state index contributed by atoms with van der Waals surface area (Å²) in [5.41, 5.74) is 0. The highest BCUT2D eigenvalue weighted by molar-refractivity contribution is 7.80. The smallest absolute Gasteiger partial charge is 0.168 e. The van der Waals surface area contributed by atoms with Gasteiger partial charge in [-0.15, -0.1) is 0 Å². The van der Waals surface area contributed by atoms with Crippen LogP contribution < -0.4 is 10.6 Å². The van der Waals surface area contributed by atoms with Crippen LogP contribution >= 0.6 is 12.2 Å². The van der Waals surface area contributed by atoms with Gasteiger partial charge in [0, 0.05) is 19.6 Å². The third-order valence-corrected chi connectivity index (χ3v) is 1.89. The molecule has 10 heavy (non-hydrogen) atoms. The zero-order valence-electron chi connectivity index (χ0n) is 6.18. The topological polar surface area (TPSA) is 33.3 Å². The fourth-order valence-corrected chi connectivity index (χ4v) is 1.17. The van der Waals surface area contributed by atoms with Crippen LogP contribution in [0.4, 0.5) is 0 Å². The first-order valence-corrected chi connectivity index (χ1v) is 3.72. The fourth-order valence-electron chi connectivity index (χ4n) is 0.974. The summed E-state index contributed by atoms with van der Waals surface area (Å²) in [6.45, 7) is 3.00. The highest BCUT2D eigenvalue weighted by Gasteiger charge is 2.21. The molecule has 0 aromatic carbocycles. The Morgan fingerprint density at radius 2 is 2.40 bits per heavy atom. The lowest BCUT2D eigenvalue weighted by atomic mass is 10.1. The first kappa shape index (κ1) is 7.75. The Bertz CT molecular complexity index is 140. The molecule has 0 aromatic rings. The second-order valence-electron chi connectivity index (χ2n) is 2.49. The molecule has 2 atom stereocenters. The van der Waals surface area contributed by atoms with E-state index in [4.69, 9.17) is 17.0 Å². The van der Waals surface area contributed by atoms with E-state index < -0.39 is 0 Å². The molecular weight excluding hydrogens is 148 g/mol. The van der Waals surface area contributed by atoms with Crippen LogP contribution in [0.15, 0.2) is 0 Å². The van der Waals surface area contributed by atoms with E-state index in [1.807, 2.05) is 0 Å². The highest BCUT2D eigenvalue weighted by Crippen LogP contribution is 2.05. The van der Waals surface area contributed by atoms with Crippen molar-refractivity contribution in [3.8, 4) is 0 Å². The van der Waals surface area contributed by atoms with Gasteiger partial charge >= 0.3 is 0 Å². The molecule has 1 saturated heterocycles. The zero-order chi connectivity index (χ0) is 7.56. The second kappa shape index (κ2) is 3.16. The third kappa shape index (κ3) is 1.58. The summed E-state index contributed by atoms with van der Waals surface area (Å²) in [5, 5.41) is 6.74. The number of ether oxygens (including phenoxy) is 1. The van der Waals surface area contributed by atoms with Crippen molar-refractivity contribution in [2.45, 2.75) is 13.2 Å². The average molecular weight is 160 g/mol. The molecule has 2 N–H and O–H groups in total. The number of thiocarbonyl (C=S) groups is 1. The van der Waals surface area contributed by atoms with Crippen molar-refractivity contribution < 1.29 is 4.74 Å². The maximum absolute atomic E-state index is 5.14. The number of methoxy groups -OCH3 is 1. The van der Waals surface area contributed by atoms with Crippen molar-refractivity contribution in [3.05, 3.63) is 0 Å². The number of nitrogens with one attached hydrogen (secondary N) is 2. The monoisotopic (exact) mass is 160 g/mol. The summed E-state index contributed by atoms with van der Waals surface area (Å²) in [6.07, 6.45) is 0.0775. The Morgan fingerprint density at radius 3 is 2.90 bits per heavy atom. The van der Waals surface area contributed by atoms with E-state index in [0.717, 1.165) is 6.54 Å². The maximum atomic E-state index is 5.14. The van der Waals surface area contributed by atoms with Crippen molar-refractivity contribution in [2.24, 2.45) is 5.92 Å². The minimum atomic E-state index is 0.0775. The van der Waals surface area contributed by atoms with Crippen molar-refractivity contribution in [1.29, 1.82) is 0 Å². The van der Waals surface area contributed by atoms with Crippen LogP contribution in [0, 0.1) is 5.92 Å². The molecule has 4 heteroatoms. The minimum Gasteiger partial charge on any atom is -0.362 e. The van der Waals surface area contributed by atoms with Crippen LogP contribution in [-0.2, 0) is 4.74 Å². The molecule has 1 aliphatic heterocycles. The van der Waals surface area contributed by atoms with Crippen molar-refractivity contribution in [3.63, 3.8) is 0 Å². The fraction of sp³-hybridized carbons (Fsp3) is 0.833. The molecule has 0 bridgehead atoms. The molecule has 1 rings (SSSR count). The van der Waals surface area contributed by atoms with E-state index >= 15 is 0 Å². The average Bonchev–Trinajstić information content (AvgIpc) is 1.94. The molecule has 0 aromatic heterocycles. The summed E-state index contributed by atoms with van der Waals surface area (Å²) in [5.74, 6) is 0.469. The number of rotatable bonds is 1. The van der Waals surface area contributed by atoms with Gasteiger partial charge in [0.25, 0.3) is 0 Å². The Balaban J connectivity index is 2.45. The van der Waals surface area contributed by atoms with Gasteiger partial charge in [0.2, 0.25) is 0 Å². The lowest BCUT2D eigenvalue weighted by molar-refractivity contribution is 0.0409. The Labute approximate surface area is 66.1 Å². The van der Waals surface area contributed by atoms with Crippen LogP contribution in [0.25, 0.3) is 0 Å². The Hall–Kier alpha value is -0.350. The Morgan fingerprint density at radius 1 is 1.70 bits per heavy atom. The molecular formula is C6H12N2OS. The zero-order valence-corrected chi connectivity index (χ0v) is 6.99. The molecule has 0 aliphatic carbocycles. The predicted molar refractivity (Wildman–Crippen MR) is 43.7 cm³/mol. The normalized spacial score (nSPS) is 32.8. The van der Waals surface area contributed by atoms with E-state index in [2.05, 4.69) is 17.6 Å². The molecule has 0 spiro atoms. The lowest BCUT2D eigenvalue weighted by Gasteiger charge is -2.30. The summed E-state index contributed by atoms with van der Waals surface area (Å²) in [7, 11) is 1.68. The van der Waals surface area contributed by atoms with Gasteiger partial charge in [0.15, 0.2) is 5.11 Å². The minimum absolute atomic E-state index is 0.0775. The molecule has 1 aliphatic rings. The quantitative estimate of drug-likeness (QED) is 0.532. The third-order valence-electron chi connectivity index (χ3n) is 1.63. The van der Waals surface area contributed by atoms with Gasteiger partial charge in [0.05, 0.1) is 0 Å². The summed E-state index contributed by atoms with van der Waals surface area (Å²) in [4.78, 5) is 0. The van der Waals surface area contributed by atoms with Crippen LogP contribution in [0.1, 0.15) is 6.92 Å². The second-order valence-corrected chi connectivity index (χ2v) is 2.90. The van der Waals surface area contributed by atoms with Crippen LogP contribution in [0.2, 0.25) is 0 Å². The number of hydrogen-bond donors (Lipinski definition) is 2. The summed E-state index contributed by atoms with van der Waals surface area (Å²) < 4.78 is 5.14. The van der Waals surface area contributed by atoms with E-state index in [9.17, 15) is 0 Å². The predicted octanol–water partition coefficient (Wildman–Crippen LogP) is 0.0727. The highest BCUT2D eigenvalue weighted by atomic mass is 32.1. The molecule has 1 fully saturated rings. The van der Waals surface area contributed by atoms with Crippen LogP contribution in [0.3, 0.4) is 0 Å². The van der Waals surface area contributed by atoms with Gasteiger partial charge in [0.1, 0.15) is 6.23 Å². The molecule has 1 heterocycles. The Kier molecular flexibility index (Phi) is 2.45. The molecule has 0 radical (unpaired) electrons. The standard InChI is InChI=1S/C6H12N2OS/c1-4-3-7-6(10)8-5(4)9-2/h4-5H,3H2,1-2H3,(H2,7,8,10). The first-order chi connectivity index (χ1) is 4.74. The molecule has 58 valence electrons. The van der Waals surface area contributed by atoms with E-state index in [1.165, 1.54) is 0 Å². The van der Waals surface area contributed by atoms with Gasteiger partial charge in [-0.2, -0.15) is 0 Å². The maximum Gasteiger partial charge on any atom is 0.168 e. The van der Waals surface area contributed by atoms with Gasteiger partial charge < -0.3 is 15.4 Å². The van der Waals surface area contributed by atoms with Gasteiger partial charge in [-0.3, -0.25) is 0 Å². The van der Waals surface area contributed by atoms with Gasteiger partial charge in [-0.25, -0.2) is 0 Å². The van der Waals surface area contributed by atoms with Gasteiger partial charge in [-0.05, 0) is 12.2 Å². The summed E-state index contributed by atoms with van der Waals surface area (Å²) in [6, 6.07) is 0. The first-order valence-electron chi connectivity index (χ1n) is 3.31. The largest absolute Gasteiger partial charge is 0.362 e. The van der Waals surface area contributed by atoms with Crippen molar-refractivity contribution in [2.75, 3.05) is 13.7 Å². The lowest BCUT2D eigenvalue weighted by Crippen LogP contribution is -2.54.